The van der Waals surface area contributed by atoms with Crippen molar-refractivity contribution in [1.82, 2.24) is 14.8 Å². The number of ether oxygens (including phenoxy) is 1. The Balaban J connectivity index is 1.55. The van der Waals surface area contributed by atoms with Gasteiger partial charge < -0.3 is 14.7 Å². The maximum atomic E-state index is 12.4. The summed E-state index contributed by atoms with van der Waals surface area (Å²) in [4.78, 5) is 20.7. The summed E-state index contributed by atoms with van der Waals surface area (Å²) in [5.41, 5.74) is 0.513. The number of nitrogens with zero attached hydrogens (tertiary/aromatic N) is 3. The van der Waals surface area contributed by atoms with Crippen LogP contribution in [0.1, 0.15) is 23.3 Å². The molecule has 6 nitrogen and oxygen atoms in total. The molecular weight excluding hydrogens is 282 g/mol. The molecule has 22 heavy (non-hydrogen) atoms. The van der Waals surface area contributed by atoms with Crippen molar-refractivity contribution in [3.63, 3.8) is 0 Å². The molecule has 0 bridgehead atoms. The molecule has 120 valence electrons. The fraction of sp³-hybridized carbons (Fsp3) is 0.625. The van der Waals surface area contributed by atoms with E-state index in [9.17, 15) is 9.90 Å². The second-order valence-corrected chi connectivity index (χ2v) is 5.96. The van der Waals surface area contributed by atoms with E-state index in [0.29, 0.717) is 31.5 Å². The number of hydrogen-bond donors (Lipinski definition) is 1. The van der Waals surface area contributed by atoms with Crippen molar-refractivity contribution in [1.29, 1.82) is 0 Å². The molecule has 1 aromatic rings. The number of rotatable bonds is 2. The highest BCUT2D eigenvalue weighted by Crippen LogP contribution is 2.19. The van der Waals surface area contributed by atoms with Crippen LogP contribution >= 0.6 is 0 Å². The molecule has 1 N–H and O–H groups in total. The zero-order valence-electron chi connectivity index (χ0n) is 12.7. The highest BCUT2D eigenvalue weighted by Gasteiger charge is 2.29. The quantitative estimate of drug-likeness (QED) is 0.856. The van der Waals surface area contributed by atoms with Crippen molar-refractivity contribution < 1.29 is 14.6 Å². The van der Waals surface area contributed by atoms with Crippen LogP contribution in [-0.2, 0) is 4.74 Å². The minimum atomic E-state index is -0.407. The molecule has 1 aromatic heterocycles. The van der Waals surface area contributed by atoms with E-state index in [1.54, 1.807) is 12.3 Å². The molecule has 6 heteroatoms. The van der Waals surface area contributed by atoms with Crippen molar-refractivity contribution >= 4 is 5.91 Å². The van der Waals surface area contributed by atoms with Gasteiger partial charge in [0.05, 0.1) is 19.3 Å². The van der Waals surface area contributed by atoms with Crippen LogP contribution in [0.25, 0.3) is 0 Å². The predicted octanol–water partition coefficient (Wildman–Crippen LogP) is 0.379. The molecule has 2 fully saturated rings. The van der Waals surface area contributed by atoms with Gasteiger partial charge >= 0.3 is 0 Å². The molecule has 3 rings (SSSR count). The van der Waals surface area contributed by atoms with Crippen LogP contribution in [0.5, 0.6) is 0 Å². The van der Waals surface area contributed by atoms with Crippen LogP contribution in [0, 0.1) is 0 Å². The summed E-state index contributed by atoms with van der Waals surface area (Å²) in [6.45, 7) is 4.10. The smallest absolute Gasteiger partial charge is 0.272 e. The third-order valence-corrected chi connectivity index (χ3v) is 4.43. The van der Waals surface area contributed by atoms with E-state index >= 15 is 0 Å². The Hall–Kier alpha value is -1.50. The molecule has 1 atom stereocenters. The molecule has 2 saturated heterocycles. The molecule has 0 aromatic carbocycles. The highest BCUT2D eigenvalue weighted by molar-refractivity contribution is 5.92. The number of aromatic nitrogens is 1. The van der Waals surface area contributed by atoms with Gasteiger partial charge in [0.2, 0.25) is 0 Å². The van der Waals surface area contributed by atoms with Gasteiger partial charge in [0.25, 0.3) is 5.91 Å². The van der Waals surface area contributed by atoms with Crippen molar-refractivity contribution in [3.8, 4) is 0 Å². The summed E-state index contributed by atoms with van der Waals surface area (Å²) < 4.78 is 5.38. The normalized spacial score (nSPS) is 25.0. The minimum Gasteiger partial charge on any atom is -0.389 e. The van der Waals surface area contributed by atoms with Gasteiger partial charge in [0, 0.05) is 38.4 Å². The Bertz CT molecular complexity index is 489. The lowest BCUT2D eigenvalue weighted by atomic mass is 10.0. The van der Waals surface area contributed by atoms with Crippen LogP contribution in [-0.4, -0.2) is 77.3 Å². The summed E-state index contributed by atoms with van der Waals surface area (Å²) in [5, 5.41) is 9.84. The second-order valence-electron chi connectivity index (χ2n) is 5.96. The van der Waals surface area contributed by atoms with E-state index in [1.165, 1.54) is 0 Å². The molecule has 1 amide bonds. The molecule has 3 heterocycles. The van der Waals surface area contributed by atoms with Crippen LogP contribution in [0.2, 0.25) is 0 Å². The van der Waals surface area contributed by atoms with Crippen molar-refractivity contribution in [2.45, 2.75) is 25.0 Å². The van der Waals surface area contributed by atoms with E-state index in [2.05, 4.69) is 9.88 Å². The fourth-order valence-electron chi connectivity index (χ4n) is 3.23. The molecular formula is C16H23N3O3. The summed E-state index contributed by atoms with van der Waals surface area (Å²) >= 11 is 0. The van der Waals surface area contributed by atoms with Crippen molar-refractivity contribution in [3.05, 3.63) is 30.1 Å². The summed E-state index contributed by atoms with van der Waals surface area (Å²) in [7, 11) is 0. The first-order valence-corrected chi connectivity index (χ1v) is 7.94. The SMILES string of the molecule is O=C(c1ccccn1)N1CCC(N2CCOC[C@H](O)C2)CC1. The van der Waals surface area contributed by atoms with Gasteiger partial charge in [-0.2, -0.15) is 0 Å². The lowest BCUT2D eigenvalue weighted by Gasteiger charge is -2.38. The number of carbonyl (C=O) groups excluding carboxylic acids is 1. The minimum absolute atomic E-state index is 0.0123. The third-order valence-electron chi connectivity index (χ3n) is 4.43. The molecule has 0 spiro atoms. The maximum absolute atomic E-state index is 12.4. The number of hydrogen-bond acceptors (Lipinski definition) is 5. The molecule has 0 aliphatic carbocycles. The number of piperidine rings is 1. The fourth-order valence-corrected chi connectivity index (χ4v) is 3.23. The predicted molar refractivity (Wildman–Crippen MR) is 81.6 cm³/mol. The van der Waals surface area contributed by atoms with Gasteiger partial charge in [-0.05, 0) is 25.0 Å². The van der Waals surface area contributed by atoms with Gasteiger partial charge in [-0.1, -0.05) is 6.07 Å². The lowest BCUT2D eigenvalue weighted by molar-refractivity contribution is 0.0463. The number of β-amino-alcohol motifs (C(OH)–C–C–N with tert-alkyl or cyclic N) is 1. The summed E-state index contributed by atoms with van der Waals surface area (Å²) in [6.07, 6.45) is 3.12. The first-order valence-electron chi connectivity index (χ1n) is 7.94. The standard InChI is InChI=1S/C16H23N3O3/c20-14-11-19(9-10-22-12-14)13-4-7-18(8-5-13)16(21)15-3-1-2-6-17-15/h1-3,6,13-14,20H,4-5,7-12H2/t14-/m1/s1. The Morgan fingerprint density at radius 1 is 1.27 bits per heavy atom. The molecule has 2 aliphatic heterocycles. The van der Waals surface area contributed by atoms with Crippen molar-refractivity contribution in [2.24, 2.45) is 0 Å². The van der Waals surface area contributed by atoms with Crippen molar-refractivity contribution in [2.75, 3.05) is 39.4 Å². The number of aliphatic hydroxyl groups is 1. The van der Waals surface area contributed by atoms with Gasteiger partial charge in [-0.3, -0.25) is 14.7 Å². The van der Waals surface area contributed by atoms with E-state index in [0.717, 1.165) is 32.5 Å². The molecule has 2 aliphatic rings. The maximum Gasteiger partial charge on any atom is 0.272 e. The zero-order valence-corrected chi connectivity index (χ0v) is 12.7. The summed E-state index contributed by atoms with van der Waals surface area (Å²) in [6, 6.07) is 5.84. The number of pyridine rings is 1. The van der Waals surface area contributed by atoms with Crippen LogP contribution < -0.4 is 0 Å². The second kappa shape index (κ2) is 7.17. The number of likely N-dealkylation sites (tertiary alicyclic amines) is 1. The van der Waals surface area contributed by atoms with Crippen LogP contribution in [0.4, 0.5) is 0 Å². The van der Waals surface area contributed by atoms with E-state index in [4.69, 9.17) is 4.74 Å². The monoisotopic (exact) mass is 305 g/mol. The Morgan fingerprint density at radius 3 is 2.82 bits per heavy atom. The molecule has 0 unspecified atom stereocenters. The average molecular weight is 305 g/mol. The van der Waals surface area contributed by atoms with Crippen LogP contribution in [0.15, 0.2) is 24.4 Å². The number of aliphatic hydroxyl groups excluding tert-OH is 1. The Kier molecular flexibility index (Phi) is 5.02. The van der Waals surface area contributed by atoms with E-state index in [-0.39, 0.29) is 5.91 Å². The Labute approximate surface area is 130 Å². The van der Waals surface area contributed by atoms with Gasteiger partial charge in [-0.25, -0.2) is 0 Å². The zero-order chi connectivity index (χ0) is 15.4. The molecule has 0 radical (unpaired) electrons. The van der Waals surface area contributed by atoms with Crippen LogP contribution in [0.3, 0.4) is 0 Å². The summed E-state index contributed by atoms with van der Waals surface area (Å²) in [5.74, 6) is 0.0123. The van der Waals surface area contributed by atoms with E-state index in [1.807, 2.05) is 17.0 Å². The first-order chi connectivity index (χ1) is 10.7. The average Bonchev–Trinajstić information content (AvgIpc) is 2.80. The Morgan fingerprint density at radius 2 is 2.09 bits per heavy atom. The topological polar surface area (TPSA) is 65.9 Å². The van der Waals surface area contributed by atoms with Gasteiger partial charge in [-0.15, -0.1) is 0 Å². The largest absolute Gasteiger partial charge is 0.389 e. The van der Waals surface area contributed by atoms with Gasteiger partial charge in [0.1, 0.15) is 5.69 Å². The number of carbonyl (C=O) groups is 1. The van der Waals surface area contributed by atoms with Gasteiger partial charge in [0.15, 0.2) is 0 Å². The number of amides is 1. The van der Waals surface area contributed by atoms with E-state index < -0.39 is 6.10 Å². The third kappa shape index (κ3) is 3.63. The highest BCUT2D eigenvalue weighted by atomic mass is 16.5. The first kappa shape index (κ1) is 15.4. The lowest BCUT2D eigenvalue weighted by Crippen LogP contribution is -2.48. The molecule has 0 saturated carbocycles.